The van der Waals surface area contributed by atoms with Crippen LogP contribution in [0.2, 0.25) is 10.0 Å². The van der Waals surface area contributed by atoms with E-state index in [0.29, 0.717) is 25.7 Å². The summed E-state index contributed by atoms with van der Waals surface area (Å²) in [6.07, 6.45) is 1.77. The first-order valence-corrected chi connectivity index (χ1v) is 12.5. The Balaban J connectivity index is 1.44. The summed E-state index contributed by atoms with van der Waals surface area (Å²) >= 11 is 18.8. The third-order valence-corrected chi connectivity index (χ3v) is 7.26. The maximum Gasteiger partial charge on any atom is 0.270 e. The normalized spacial score (nSPS) is 14.5. The molecule has 1 aliphatic rings. The third-order valence-electron chi connectivity index (χ3n) is 5.14. The van der Waals surface area contributed by atoms with Crippen molar-refractivity contribution in [3.8, 4) is 5.75 Å². The largest absolute Gasteiger partial charge is 0.484 e. The maximum absolute atomic E-state index is 13.1. The van der Waals surface area contributed by atoms with Gasteiger partial charge in [-0.25, -0.2) is 0 Å². The van der Waals surface area contributed by atoms with Crippen LogP contribution in [0, 0.1) is 13.8 Å². The number of hydrogen-bond acceptors (Lipinski definition) is 5. The summed E-state index contributed by atoms with van der Waals surface area (Å²) in [6, 6.07) is 18.0. The van der Waals surface area contributed by atoms with Crippen LogP contribution in [-0.2, 0) is 9.59 Å². The maximum atomic E-state index is 13.1. The molecule has 3 aromatic carbocycles. The highest BCUT2D eigenvalue weighted by atomic mass is 35.5. The first kappa shape index (κ1) is 25.3. The zero-order valence-corrected chi connectivity index (χ0v) is 21.9. The Morgan fingerprint density at radius 2 is 1.89 bits per heavy atom. The van der Waals surface area contributed by atoms with Gasteiger partial charge in [-0.1, -0.05) is 83.1 Å². The van der Waals surface area contributed by atoms with Gasteiger partial charge in [-0.15, -0.1) is 0 Å². The monoisotopic (exact) mass is 542 g/mol. The van der Waals surface area contributed by atoms with Crippen molar-refractivity contribution in [2.75, 3.05) is 16.8 Å². The molecule has 3 aromatic rings. The second-order valence-corrected chi connectivity index (χ2v) is 10.3. The second-order valence-electron chi connectivity index (χ2n) is 7.82. The van der Waals surface area contributed by atoms with Crippen molar-refractivity contribution in [3.05, 3.63) is 92.3 Å². The molecule has 1 aliphatic heterocycles. The standard InChI is InChI=1S/C26H20Cl2N2O3S2/c1-15-9-10-21(16(2)11-15)30-25(32)22(35-26(30)34)13-17-5-3-6-18(12-17)33-14-23(31)29-20-8-4-7-19(27)24(20)28/h3-13H,14H2,1-2H3,(H,29,31)/b22-13-. The van der Waals surface area contributed by atoms with E-state index < -0.39 is 0 Å². The highest BCUT2D eigenvalue weighted by Crippen LogP contribution is 2.37. The van der Waals surface area contributed by atoms with Crippen LogP contribution in [0.15, 0.2) is 65.6 Å². The van der Waals surface area contributed by atoms with Gasteiger partial charge in [-0.2, -0.15) is 0 Å². The van der Waals surface area contributed by atoms with Gasteiger partial charge in [0.2, 0.25) is 0 Å². The van der Waals surface area contributed by atoms with Crippen molar-refractivity contribution in [1.29, 1.82) is 0 Å². The molecule has 0 radical (unpaired) electrons. The molecule has 178 valence electrons. The average Bonchev–Trinajstić information content (AvgIpc) is 3.08. The van der Waals surface area contributed by atoms with E-state index in [2.05, 4.69) is 5.32 Å². The first-order valence-electron chi connectivity index (χ1n) is 10.5. The molecule has 0 aromatic heterocycles. The van der Waals surface area contributed by atoms with Gasteiger partial charge in [0.05, 0.1) is 26.3 Å². The van der Waals surface area contributed by atoms with E-state index in [0.717, 1.165) is 22.4 Å². The number of halogens is 2. The Morgan fingerprint density at radius 1 is 1.11 bits per heavy atom. The number of carbonyl (C=O) groups is 2. The topological polar surface area (TPSA) is 58.6 Å². The third kappa shape index (κ3) is 5.87. The minimum atomic E-state index is -0.381. The SMILES string of the molecule is Cc1ccc(N2C(=O)/C(=C/c3cccc(OCC(=O)Nc4cccc(Cl)c4Cl)c3)SC2=S)c(C)c1. The number of carbonyl (C=O) groups excluding carboxylic acids is 2. The molecule has 1 heterocycles. The second kappa shape index (κ2) is 10.8. The van der Waals surface area contributed by atoms with Gasteiger partial charge in [-0.3, -0.25) is 14.5 Å². The van der Waals surface area contributed by atoms with E-state index in [-0.39, 0.29) is 23.4 Å². The molecule has 0 bridgehead atoms. The van der Waals surface area contributed by atoms with Crippen LogP contribution in [-0.4, -0.2) is 22.7 Å². The highest BCUT2D eigenvalue weighted by Gasteiger charge is 2.34. The van der Waals surface area contributed by atoms with E-state index in [1.165, 1.54) is 11.8 Å². The summed E-state index contributed by atoms with van der Waals surface area (Å²) < 4.78 is 6.12. The summed E-state index contributed by atoms with van der Waals surface area (Å²) in [5, 5.41) is 3.29. The van der Waals surface area contributed by atoms with Gasteiger partial charge in [0, 0.05) is 0 Å². The molecule has 5 nitrogen and oxygen atoms in total. The number of thioether (sulfide) groups is 1. The minimum Gasteiger partial charge on any atom is -0.484 e. The van der Waals surface area contributed by atoms with E-state index in [9.17, 15) is 9.59 Å². The molecule has 1 N–H and O–H groups in total. The Morgan fingerprint density at radius 3 is 2.66 bits per heavy atom. The van der Waals surface area contributed by atoms with Gasteiger partial charge < -0.3 is 10.1 Å². The van der Waals surface area contributed by atoms with E-state index in [1.807, 2.05) is 38.1 Å². The highest BCUT2D eigenvalue weighted by molar-refractivity contribution is 8.27. The van der Waals surface area contributed by atoms with Crippen LogP contribution >= 0.6 is 47.2 Å². The number of nitrogens with zero attached hydrogens (tertiary/aromatic N) is 1. The molecular weight excluding hydrogens is 523 g/mol. The van der Waals surface area contributed by atoms with Crippen LogP contribution in [0.3, 0.4) is 0 Å². The first-order chi connectivity index (χ1) is 16.7. The minimum absolute atomic E-state index is 0.170. The van der Waals surface area contributed by atoms with Crippen LogP contribution < -0.4 is 15.0 Å². The van der Waals surface area contributed by atoms with Crippen LogP contribution in [0.1, 0.15) is 16.7 Å². The number of thiocarbonyl (C=S) groups is 1. The average molecular weight is 543 g/mol. The number of aryl methyl sites for hydroxylation is 2. The fraction of sp³-hybridized carbons (Fsp3) is 0.115. The van der Waals surface area contributed by atoms with E-state index >= 15 is 0 Å². The van der Waals surface area contributed by atoms with Crippen LogP contribution in [0.25, 0.3) is 6.08 Å². The van der Waals surface area contributed by atoms with Gasteiger partial charge in [-0.05, 0) is 61.4 Å². The Kier molecular flexibility index (Phi) is 7.82. The predicted molar refractivity (Wildman–Crippen MR) is 149 cm³/mol. The molecule has 35 heavy (non-hydrogen) atoms. The Hall–Kier alpha value is -2.84. The molecule has 0 spiro atoms. The van der Waals surface area contributed by atoms with Crippen molar-refractivity contribution in [2.45, 2.75) is 13.8 Å². The van der Waals surface area contributed by atoms with Crippen molar-refractivity contribution < 1.29 is 14.3 Å². The van der Waals surface area contributed by atoms with Crippen molar-refractivity contribution in [3.63, 3.8) is 0 Å². The molecule has 0 aliphatic carbocycles. The molecule has 4 rings (SSSR count). The van der Waals surface area contributed by atoms with Gasteiger partial charge in [0.25, 0.3) is 11.8 Å². The zero-order valence-electron chi connectivity index (χ0n) is 18.8. The van der Waals surface area contributed by atoms with Gasteiger partial charge >= 0.3 is 0 Å². The zero-order chi connectivity index (χ0) is 25.1. The number of hydrogen-bond donors (Lipinski definition) is 1. The molecule has 0 saturated carbocycles. The lowest BCUT2D eigenvalue weighted by Crippen LogP contribution is -2.28. The lowest BCUT2D eigenvalue weighted by molar-refractivity contribution is -0.118. The number of ether oxygens (including phenoxy) is 1. The van der Waals surface area contributed by atoms with Crippen molar-refractivity contribution in [2.24, 2.45) is 0 Å². The van der Waals surface area contributed by atoms with Crippen LogP contribution in [0.5, 0.6) is 5.75 Å². The number of rotatable bonds is 6. The number of nitrogens with one attached hydrogen (secondary N) is 1. The van der Waals surface area contributed by atoms with Gasteiger partial charge in [0.15, 0.2) is 10.9 Å². The number of amides is 2. The molecule has 2 amide bonds. The molecule has 1 saturated heterocycles. The summed E-state index contributed by atoms with van der Waals surface area (Å²) in [6.45, 7) is 3.75. The summed E-state index contributed by atoms with van der Waals surface area (Å²) in [7, 11) is 0. The molecule has 9 heteroatoms. The van der Waals surface area contributed by atoms with Crippen molar-refractivity contribution >= 4 is 80.8 Å². The predicted octanol–water partition coefficient (Wildman–Crippen LogP) is 7.03. The number of benzene rings is 3. The molecular formula is C26H20Cl2N2O3S2. The van der Waals surface area contributed by atoms with Gasteiger partial charge in [0.1, 0.15) is 5.75 Å². The quantitative estimate of drug-likeness (QED) is 0.267. The molecule has 0 atom stereocenters. The molecule has 1 fully saturated rings. The summed E-state index contributed by atoms with van der Waals surface area (Å²) in [5.74, 6) is -0.0686. The van der Waals surface area contributed by atoms with E-state index in [4.69, 9.17) is 40.2 Å². The smallest absolute Gasteiger partial charge is 0.270 e. The Labute approximate surface area is 223 Å². The summed E-state index contributed by atoms with van der Waals surface area (Å²) in [5.41, 5.74) is 4.04. The summed E-state index contributed by atoms with van der Waals surface area (Å²) in [4.78, 5) is 27.5. The fourth-order valence-corrected chi connectivity index (χ4v) is 5.15. The van der Waals surface area contributed by atoms with E-state index in [1.54, 1.807) is 47.4 Å². The van der Waals surface area contributed by atoms with Crippen LogP contribution in [0.4, 0.5) is 11.4 Å². The molecule has 0 unspecified atom stereocenters. The lowest BCUT2D eigenvalue weighted by Gasteiger charge is -2.17. The Bertz CT molecular complexity index is 1370. The van der Waals surface area contributed by atoms with Crippen molar-refractivity contribution in [1.82, 2.24) is 0 Å². The number of anilines is 2. The lowest BCUT2D eigenvalue weighted by atomic mass is 10.1. The fourth-order valence-electron chi connectivity index (χ4n) is 3.51.